The highest BCUT2D eigenvalue weighted by Crippen LogP contribution is 2.38. The van der Waals surface area contributed by atoms with Crippen LogP contribution in [-0.4, -0.2) is 38.3 Å². The molecule has 1 fully saturated rings. The third-order valence-corrected chi connectivity index (χ3v) is 8.77. The largest absolute Gasteiger partial charge is 0.413 e. The first-order chi connectivity index (χ1) is 8.17. The number of hydrogen-bond acceptors (Lipinski definition) is 2. The van der Waals surface area contributed by atoms with Gasteiger partial charge in [-0.05, 0) is 31.0 Å². The third kappa shape index (κ3) is 3.82. The molecule has 1 saturated heterocycles. The molecule has 0 saturated carbocycles. The lowest BCUT2D eigenvalue weighted by Gasteiger charge is -2.41. The summed E-state index contributed by atoms with van der Waals surface area (Å²) in [6.45, 7) is 15.1. The average molecular weight is 271 g/mol. The first-order valence-corrected chi connectivity index (χ1v) is 10.0. The van der Waals surface area contributed by atoms with Crippen LogP contribution in [0.15, 0.2) is 0 Å². The van der Waals surface area contributed by atoms with Crippen molar-refractivity contribution >= 4 is 14.2 Å². The summed E-state index contributed by atoms with van der Waals surface area (Å²) in [5, 5.41) is 0.219. The van der Waals surface area contributed by atoms with Crippen LogP contribution in [0.25, 0.3) is 0 Å². The predicted octanol–water partition coefficient (Wildman–Crippen LogP) is 3.41. The van der Waals surface area contributed by atoms with Crippen molar-refractivity contribution < 1.29 is 9.22 Å². The second-order valence-electron chi connectivity index (χ2n) is 6.87. The second-order valence-corrected chi connectivity index (χ2v) is 11.6. The Labute approximate surface area is 113 Å². The number of piperidine rings is 1. The summed E-state index contributed by atoms with van der Waals surface area (Å²) in [4.78, 5) is 14.0. The van der Waals surface area contributed by atoms with Gasteiger partial charge < -0.3 is 9.33 Å². The van der Waals surface area contributed by atoms with Gasteiger partial charge in [0.2, 0.25) is 5.91 Å². The molecule has 1 atom stereocenters. The van der Waals surface area contributed by atoms with E-state index in [4.69, 9.17) is 4.43 Å². The zero-order valence-corrected chi connectivity index (χ0v) is 13.9. The molecule has 0 N–H and O–H groups in total. The fourth-order valence-corrected chi connectivity index (χ4v) is 3.44. The van der Waals surface area contributed by atoms with Gasteiger partial charge in [-0.15, -0.1) is 0 Å². The molecule has 4 heteroatoms. The van der Waals surface area contributed by atoms with Gasteiger partial charge in [0, 0.05) is 13.1 Å². The third-order valence-electron chi connectivity index (χ3n) is 4.24. The van der Waals surface area contributed by atoms with Gasteiger partial charge in [-0.25, -0.2) is 0 Å². The lowest BCUT2D eigenvalue weighted by atomic mass is 10.1. The molecule has 0 aromatic heterocycles. The zero-order chi connectivity index (χ0) is 14.0. The first kappa shape index (κ1) is 15.7. The number of hydrogen-bond donors (Lipinski definition) is 0. The van der Waals surface area contributed by atoms with Crippen molar-refractivity contribution in [3.05, 3.63) is 0 Å². The van der Waals surface area contributed by atoms with E-state index in [1.807, 2.05) is 4.90 Å². The lowest BCUT2D eigenvalue weighted by molar-refractivity contribution is -0.136. The molecule has 3 nitrogen and oxygen atoms in total. The summed E-state index contributed by atoms with van der Waals surface area (Å²) < 4.78 is 6.33. The number of carbonyl (C=O) groups is 1. The number of amides is 1. The Balaban J connectivity index is 2.55. The van der Waals surface area contributed by atoms with Crippen molar-refractivity contribution in [2.45, 2.75) is 71.2 Å². The lowest BCUT2D eigenvalue weighted by Crippen LogP contribution is -2.49. The van der Waals surface area contributed by atoms with E-state index in [1.54, 1.807) is 0 Å². The van der Waals surface area contributed by atoms with E-state index < -0.39 is 8.32 Å². The predicted molar refractivity (Wildman–Crippen MR) is 78.2 cm³/mol. The summed E-state index contributed by atoms with van der Waals surface area (Å²) in [6.07, 6.45) is 2.76. The fourth-order valence-electron chi connectivity index (χ4n) is 2.05. The molecule has 1 amide bonds. The van der Waals surface area contributed by atoms with Gasteiger partial charge in [0.15, 0.2) is 8.32 Å². The van der Waals surface area contributed by atoms with Crippen LogP contribution in [0.3, 0.4) is 0 Å². The Morgan fingerprint density at radius 2 is 2.00 bits per heavy atom. The molecule has 0 aliphatic carbocycles. The van der Waals surface area contributed by atoms with Crippen LogP contribution >= 0.6 is 0 Å². The minimum atomic E-state index is -1.73. The van der Waals surface area contributed by atoms with E-state index in [0.717, 1.165) is 25.9 Å². The molecule has 1 aliphatic rings. The van der Waals surface area contributed by atoms with Gasteiger partial charge in [0.1, 0.15) is 0 Å². The quantitative estimate of drug-likeness (QED) is 0.733. The second kappa shape index (κ2) is 5.74. The summed E-state index contributed by atoms with van der Waals surface area (Å²) in [6, 6.07) is 0. The molecule has 0 aromatic rings. The van der Waals surface area contributed by atoms with Crippen LogP contribution in [0.4, 0.5) is 0 Å². The van der Waals surface area contributed by atoms with E-state index in [9.17, 15) is 4.79 Å². The molecular formula is C14H29NO2Si. The minimum absolute atomic E-state index is 0.145. The molecule has 106 valence electrons. The summed E-state index contributed by atoms with van der Waals surface area (Å²) in [7, 11) is -1.73. The molecule has 1 aliphatic heterocycles. The van der Waals surface area contributed by atoms with Gasteiger partial charge in [-0.1, -0.05) is 27.7 Å². The first-order valence-electron chi connectivity index (χ1n) is 7.13. The highest BCUT2D eigenvalue weighted by atomic mass is 28.4. The van der Waals surface area contributed by atoms with E-state index in [-0.39, 0.29) is 17.0 Å². The zero-order valence-electron chi connectivity index (χ0n) is 12.9. The molecule has 0 spiro atoms. The maximum absolute atomic E-state index is 12.0. The van der Waals surface area contributed by atoms with E-state index in [1.165, 1.54) is 0 Å². The van der Waals surface area contributed by atoms with Gasteiger partial charge in [0.25, 0.3) is 0 Å². The fraction of sp³-hybridized carbons (Fsp3) is 0.929. The van der Waals surface area contributed by atoms with Crippen LogP contribution in [0.5, 0.6) is 0 Å². The average Bonchev–Trinajstić information content (AvgIpc) is 2.20. The van der Waals surface area contributed by atoms with Gasteiger partial charge >= 0.3 is 0 Å². The Morgan fingerprint density at radius 3 is 2.44 bits per heavy atom. The summed E-state index contributed by atoms with van der Waals surface area (Å²) >= 11 is 0. The summed E-state index contributed by atoms with van der Waals surface area (Å²) in [5.74, 6) is 0.270. The molecular weight excluding hydrogens is 242 g/mol. The van der Waals surface area contributed by atoms with E-state index in [0.29, 0.717) is 6.42 Å². The molecule has 1 heterocycles. The van der Waals surface area contributed by atoms with Crippen molar-refractivity contribution in [2.75, 3.05) is 13.1 Å². The van der Waals surface area contributed by atoms with Crippen molar-refractivity contribution in [1.82, 2.24) is 4.90 Å². The number of rotatable bonds is 4. The highest BCUT2D eigenvalue weighted by molar-refractivity contribution is 6.74. The van der Waals surface area contributed by atoms with Crippen LogP contribution in [-0.2, 0) is 9.22 Å². The Morgan fingerprint density at radius 1 is 1.39 bits per heavy atom. The van der Waals surface area contributed by atoms with Crippen LogP contribution in [0, 0.1) is 0 Å². The highest BCUT2D eigenvalue weighted by Gasteiger charge is 2.40. The van der Waals surface area contributed by atoms with Gasteiger partial charge in [-0.3, -0.25) is 4.79 Å². The van der Waals surface area contributed by atoms with Crippen LogP contribution in [0.1, 0.15) is 47.0 Å². The number of likely N-dealkylation sites (tertiary alicyclic amines) is 1. The topological polar surface area (TPSA) is 29.5 Å². The Hall–Kier alpha value is -0.353. The van der Waals surface area contributed by atoms with E-state index in [2.05, 4.69) is 40.8 Å². The minimum Gasteiger partial charge on any atom is -0.413 e. The van der Waals surface area contributed by atoms with Crippen LogP contribution < -0.4 is 0 Å². The van der Waals surface area contributed by atoms with Crippen LogP contribution in [0.2, 0.25) is 18.1 Å². The summed E-state index contributed by atoms with van der Waals surface area (Å²) in [5.41, 5.74) is 0. The SMILES string of the molecule is CCCN1CCC(O[Si](C)(C)C(C)(C)C)CC1=O. The molecule has 18 heavy (non-hydrogen) atoms. The van der Waals surface area contributed by atoms with Gasteiger partial charge in [-0.2, -0.15) is 0 Å². The van der Waals surface area contributed by atoms with Crippen molar-refractivity contribution in [3.8, 4) is 0 Å². The smallest absolute Gasteiger partial charge is 0.225 e. The number of nitrogens with zero attached hydrogens (tertiary/aromatic N) is 1. The Bertz CT molecular complexity index is 297. The molecule has 0 aromatic carbocycles. The maximum atomic E-state index is 12.0. The molecule has 1 unspecified atom stereocenters. The van der Waals surface area contributed by atoms with E-state index >= 15 is 0 Å². The standard InChI is InChI=1S/C14H29NO2Si/c1-7-9-15-10-8-12(11-13(15)16)17-18(5,6)14(2,3)4/h12H,7-11H2,1-6H3. The number of carbonyl (C=O) groups excluding carboxylic acids is 1. The monoisotopic (exact) mass is 271 g/mol. The van der Waals surface area contributed by atoms with Crippen molar-refractivity contribution in [2.24, 2.45) is 0 Å². The van der Waals surface area contributed by atoms with Crippen molar-refractivity contribution in [3.63, 3.8) is 0 Å². The normalized spacial score (nSPS) is 22.4. The molecule has 1 rings (SSSR count). The maximum Gasteiger partial charge on any atom is 0.225 e. The molecule has 0 bridgehead atoms. The van der Waals surface area contributed by atoms with Crippen molar-refractivity contribution in [1.29, 1.82) is 0 Å². The Kier molecular flexibility index (Phi) is 5.01. The molecule has 0 radical (unpaired) electrons. The van der Waals surface area contributed by atoms with Gasteiger partial charge in [0.05, 0.1) is 12.5 Å².